The van der Waals surface area contributed by atoms with Gasteiger partial charge in [-0.3, -0.25) is 0 Å². The molecule has 0 N–H and O–H groups in total. The third kappa shape index (κ3) is 5.96. The summed E-state index contributed by atoms with van der Waals surface area (Å²) in [4.78, 5) is 10.3. The van der Waals surface area contributed by atoms with Gasteiger partial charge in [-0.25, -0.2) is 9.97 Å². The van der Waals surface area contributed by atoms with E-state index < -0.39 is 0 Å². The van der Waals surface area contributed by atoms with Crippen molar-refractivity contribution < 1.29 is 0 Å². The average Bonchev–Trinajstić information content (AvgIpc) is 3.54. The number of benzene rings is 9. The van der Waals surface area contributed by atoms with Crippen molar-refractivity contribution in [1.29, 1.82) is 0 Å². The van der Waals surface area contributed by atoms with E-state index >= 15 is 0 Å². The van der Waals surface area contributed by atoms with E-state index in [2.05, 4.69) is 196 Å². The molecule has 2 nitrogen and oxygen atoms in total. The molecule has 0 amide bonds. The second-order valence-corrected chi connectivity index (χ2v) is 16.1. The molecule has 11 rings (SSSR count). The first-order valence-corrected chi connectivity index (χ1v) is 20.4. The van der Waals surface area contributed by atoms with E-state index in [0.29, 0.717) is 5.82 Å². The number of fused-ring (bicyclic) bond motifs is 6. The van der Waals surface area contributed by atoms with E-state index in [1.54, 1.807) is 0 Å². The number of hydrogen-bond donors (Lipinski definition) is 0. The van der Waals surface area contributed by atoms with Crippen molar-refractivity contribution in [3.63, 3.8) is 0 Å². The molecule has 0 aliphatic heterocycles. The van der Waals surface area contributed by atoms with E-state index in [1.807, 2.05) is 24.3 Å². The molecule has 2 heteroatoms. The van der Waals surface area contributed by atoms with E-state index in [9.17, 15) is 0 Å². The minimum atomic E-state index is -0.0638. The number of hydrogen-bond acceptors (Lipinski definition) is 2. The molecular formula is C57H40N2. The van der Waals surface area contributed by atoms with Gasteiger partial charge in [-0.15, -0.1) is 0 Å². The van der Waals surface area contributed by atoms with Crippen LogP contribution in [0, 0.1) is 0 Å². The van der Waals surface area contributed by atoms with Crippen LogP contribution >= 0.6 is 0 Å². The lowest BCUT2D eigenvalue weighted by Gasteiger charge is -2.23. The fourth-order valence-corrected chi connectivity index (χ4v) is 9.33. The number of rotatable bonds is 6. The zero-order valence-corrected chi connectivity index (χ0v) is 33.0. The third-order valence-electron chi connectivity index (χ3n) is 12.3. The molecule has 1 aromatic heterocycles. The van der Waals surface area contributed by atoms with Gasteiger partial charge in [-0.1, -0.05) is 208 Å². The highest BCUT2D eigenvalue weighted by molar-refractivity contribution is 6.05. The SMILES string of the molecule is CC1(C)c2ccc(-c3ccc(-c4ccc(-c5cc(-c6ccc(-c7ccccc7)cc6)nc(-c6ccccc6)n5)c5ccccc45)cc3)cc2-c2ccc3ccccc3c21. The van der Waals surface area contributed by atoms with Crippen LogP contribution in [-0.2, 0) is 5.41 Å². The number of aromatic nitrogens is 2. The molecule has 0 saturated heterocycles. The monoisotopic (exact) mass is 752 g/mol. The van der Waals surface area contributed by atoms with Gasteiger partial charge in [-0.05, 0) is 89.3 Å². The van der Waals surface area contributed by atoms with E-state index in [4.69, 9.17) is 9.97 Å². The molecule has 0 bridgehead atoms. The Balaban J connectivity index is 0.964. The summed E-state index contributed by atoms with van der Waals surface area (Å²) in [5.41, 5.74) is 17.6. The van der Waals surface area contributed by atoms with Crippen molar-refractivity contribution in [2.24, 2.45) is 0 Å². The van der Waals surface area contributed by atoms with Gasteiger partial charge in [0.2, 0.25) is 0 Å². The molecule has 0 fully saturated rings. The van der Waals surface area contributed by atoms with Gasteiger partial charge >= 0.3 is 0 Å². The maximum Gasteiger partial charge on any atom is 0.160 e. The van der Waals surface area contributed by atoms with Crippen LogP contribution in [-0.4, -0.2) is 9.97 Å². The van der Waals surface area contributed by atoms with E-state index in [-0.39, 0.29) is 5.41 Å². The van der Waals surface area contributed by atoms with E-state index in [0.717, 1.165) is 33.5 Å². The minimum Gasteiger partial charge on any atom is -0.228 e. The molecule has 10 aromatic rings. The first kappa shape index (κ1) is 34.8. The predicted octanol–water partition coefficient (Wildman–Crippen LogP) is 15.1. The smallest absolute Gasteiger partial charge is 0.160 e. The van der Waals surface area contributed by atoms with Crippen LogP contribution in [0.2, 0.25) is 0 Å². The molecule has 59 heavy (non-hydrogen) atoms. The van der Waals surface area contributed by atoms with Crippen molar-refractivity contribution >= 4 is 21.5 Å². The Morgan fingerprint density at radius 3 is 1.56 bits per heavy atom. The van der Waals surface area contributed by atoms with E-state index in [1.165, 1.54) is 71.8 Å². The number of nitrogens with zero attached hydrogens (tertiary/aromatic N) is 2. The molecule has 9 aromatic carbocycles. The maximum atomic E-state index is 5.21. The van der Waals surface area contributed by atoms with Crippen molar-refractivity contribution in [3.8, 4) is 78.4 Å². The molecule has 0 spiro atoms. The lowest BCUT2D eigenvalue weighted by molar-refractivity contribution is 0.666. The van der Waals surface area contributed by atoms with Crippen molar-refractivity contribution in [2.75, 3.05) is 0 Å². The normalized spacial score (nSPS) is 12.7. The van der Waals surface area contributed by atoms with Gasteiger partial charge in [0.05, 0.1) is 11.4 Å². The van der Waals surface area contributed by atoms with Gasteiger partial charge in [0, 0.05) is 22.1 Å². The van der Waals surface area contributed by atoms with Crippen molar-refractivity contribution in [2.45, 2.75) is 19.3 Å². The highest BCUT2D eigenvalue weighted by Crippen LogP contribution is 2.52. The second kappa shape index (κ2) is 13.9. The van der Waals surface area contributed by atoms with Crippen LogP contribution in [0.25, 0.3) is 100.0 Å². The predicted molar refractivity (Wildman–Crippen MR) is 247 cm³/mol. The molecule has 0 radical (unpaired) electrons. The molecule has 1 aliphatic rings. The zero-order valence-electron chi connectivity index (χ0n) is 33.0. The molecule has 1 aliphatic carbocycles. The summed E-state index contributed by atoms with van der Waals surface area (Å²) in [6.45, 7) is 4.73. The average molecular weight is 753 g/mol. The summed E-state index contributed by atoms with van der Waals surface area (Å²) in [6.07, 6.45) is 0. The quantitative estimate of drug-likeness (QED) is 0.169. The first-order chi connectivity index (χ1) is 29.0. The van der Waals surface area contributed by atoms with Gasteiger partial charge in [0.25, 0.3) is 0 Å². The van der Waals surface area contributed by atoms with Crippen LogP contribution < -0.4 is 0 Å². The largest absolute Gasteiger partial charge is 0.228 e. The lowest BCUT2D eigenvalue weighted by Crippen LogP contribution is -2.15. The lowest BCUT2D eigenvalue weighted by atomic mass is 9.80. The van der Waals surface area contributed by atoms with Crippen LogP contribution in [0.3, 0.4) is 0 Å². The van der Waals surface area contributed by atoms with Crippen molar-refractivity contribution in [1.82, 2.24) is 9.97 Å². The fourth-order valence-electron chi connectivity index (χ4n) is 9.33. The van der Waals surface area contributed by atoms with Gasteiger partial charge < -0.3 is 0 Å². The summed E-state index contributed by atoms with van der Waals surface area (Å²) >= 11 is 0. The zero-order chi connectivity index (χ0) is 39.5. The first-order valence-electron chi connectivity index (χ1n) is 20.4. The van der Waals surface area contributed by atoms with Gasteiger partial charge in [0.1, 0.15) is 0 Å². The van der Waals surface area contributed by atoms with Crippen LogP contribution in [0.5, 0.6) is 0 Å². The highest BCUT2D eigenvalue weighted by atomic mass is 14.9. The molecular weight excluding hydrogens is 713 g/mol. The summed E-state index contributed by atoms with van der Waals surface area (Å²) in [5.74, 6) is 0.709. The summed E-state index contributed by atoms with van der Waals surface area (Å²) in [6, 6.07) is 74.3. The van der Waals surface area contributed by atoms with Crippen LogP contribution in [0.15, 0.2) is 206 Å². The summed E-state index contributed by atoms with van der Waals surface area (Å²) in [5, 5.41) is 4.99. The molecule has 278 valence electrons. The Labute approximate surface area is 345 Å². The fraction of sp³-hybridized carbons (Fsp3) is 0.0526. The van der Waals surface area contributed by atoms with Crippen LogP contribution in [0.1, 0.15) is 25.0 Å². The molecule has 0 unspecified atom stereocenters. The maximum absolute atomic E-state index is 5.21. The minimum absolute atomic E-state index is 0.0638. The Hall–Kier alpha value is -7.42. The summed E-state index contributed by atoms with van der Waals surface area (Å²) < 4.78 is 0. The third-order valence-corrected chi connectivity index (χ3v) is 12.3. The van der Waals surface area contributed by atoms with Crippen molar-refractivity contribution in [3.05, 3.63) is 217 Å². The van der Waals surface area contributed by atoms with Gasteiger partial charge in [-0.2, -0.15) is 0 Å². The van der Waals surface area contributed by atoms with Crippen LogP contribution in [0.4, 0.5) is 0 Å². The molecule has 0 atom stereocenters. The Morgan fingerprint density at radius 1 is 0.322 bits per heavy atom. The topological polar surface area (TPSA) is 25.8 Å². The Morgan fingerprint density at radius 2 is 0.831 bits per heavy atom. The Bertz CT molecular complexity index is 3200. The summed E-state index contributed by atoms with van der Waals surface area (Å²) in [7, 11) is 0. The molecule has 1 heterocycles. The molecule has 0 saturated carbocycles. The standard InChI is InChI=1S/C57H40N2/c1-57(2)52-34-30-44(35-51(52)50-31-29-40-15-9-10-18-46(40)55(50)57)39-21-25-41(26-22-39)45-32-33-49(48-20-12-11-19-47(45)48)54-36-53(58-56(59-54)43-16-7-4-8-17-43)42-27-23-38(24-28-42)37-13-5-3-6-14-37/h3-36H,1-2H3. The second-order valence-electron chi connectivity index (χ2n) is 16.1. The Kier molecular flexibility index (Phi) is 8.20. The van der Waals surface area contributed by atoms with Gasteiger partial charge in [0.15, 0.2) is 5.82 Å². The highest BCUT2D eigenvalue weighted by Gasteiger charge is 2.37.